The standard InChI is InChI=1S/C16H17NOS/c1-11-8-13(17)6-7-16(11)19-10-14-9-12-4-2-3-5-15(12)18-14/h2-8,14H,9-10,17H2,1H3. The lowest BCUT2D eigenvalue weighted by molar-refractivity contribution is 0.259. The first kappa shape index (κ1) is 12.4. The molecule has 0 fully saturated rings. The number of fused-ring (bicyclic) bond motifs is 1. The van der Waals surface area contributed by atoms with Crippen LogP contribution in [0.15, 0.2) is 47.4 Å². The van der Waals surface area contributed by atoms with Gasteiger partial charge in [0.2, 0.25) is 0 Å². The van der Waals surface area contributed by atoms with Crippen molar-refractivity contribution in [1.29, 1.82) is 0 Å². The lowest BCUT2D eigenvalue weighted by atomic mass is 10.1. The van der Waals surface area contributed by atoms with Crippen LogP contribution in [0.2, 0.25) is 0 Å². The molecular formula is C16H17NOS. The molecule has 0 amide bonds. The van der Waals surface area contributed by atoms with Gasteiger partial charge in [-0.25, -0.2) is 0 Å². The highest BCUT2D eigenvalue weighted by atomic mass is 32.2. The number of aryl methyl sites for hydroxylation is 1. The molecule has 3 heteroatoms. The van der Waals surface area contributed by atoms with Crippen molar-refractivity contribution in [2.24, 2.45) is 0 Å². The average Bonchev–Trinajstić information content (AvgIpc) is 2.80. The molecule has 2 aromatic carbocycles. The zero-order chi connectivity index (χ0) is 13.2. The number of ether oxygens (including phenoxy) is 1. The van der Waals surface area contributed by atoms with Gasteiger partial charge in [0.1, 0.15) is 11.9 Å². The van der Waals surface area contributed by atoms with E-state index in [0.29, 0.717) is 0 Å². The van der Waals surface area contributed by atoms with Gasteiger partial charge in [0.05, 0.1) is 0 Å². The first-order chi connectivity index (χ1) is 9.22. The number of anilines is 1. The second kappa shape index (κ2) is 5.17. The summed E-state index contributed by atoms with van der Waals surface area (Å²) in [4.78, 5) is 1.29. The molecule has 0 aromatic heterocycles. The van der Waals surface area contributed by atoms with Crippen molar-refractivity contribution in [2.75, 3.05) is 11.5 Å². The molecule has 0 radical (unpaired) electrons. The molecule has 0 saturated heterocycles. The minimum atomic E-state index is 0.277. The van der Waals surface area contributed by atoms with Crippen molar-refractivity contribution in [3.63, 3.8) is 0 Å². The van der Waals surface area contributed by atoms with Crippen LogP contribution >= 0.6 is 11.8 Å². The Morgan fingerprint density at radius 2 is 2.11 bits per heavy atom. The summed E-state index contributed by atoms with van der Waals surface area (Å²) >= 11 is 1.84. The van der Waals surface area contributed by atoms with Crippen LogP contribution in [0, 0.1) is 6.92 Å². The van der Waals surface area contributed by atoms with E-state index < -0.39 is 0 Å². The van der Waals surface area contributed by atoms with Gasteiger partial charge in [0, 0.05) is 22.8 Å². The van der Waals surface area contributed by atoms with Crippen molar-refractivity contribution < 1.29 is 4.74 Å². The Morgan fingerprint density at radius 1 is 1.26 bits per heavy atom. The van der Waals surface area contributed by atoms with E-state index in [-0.39, 0.29) is 6.10 Å². The van der Waals surface area contributed by atoms with E-state index in [9.17, 15) is 0 Å². The first-order valence-electron chi connectivity index (χ1n) is 6.46. The summed E-state index contributed by atoms with van der Waals surface area (Å²) in [6, 6.07) is 14.4. The van der Waals surface area contributed by atoms with E-state index in [0.717, 1.165) is 23.6 Å². The molecule has 1 aliphatic rings. The molecular weight excluding hydrogens is 254 g/mol. The molecule has 1 aliphatic heterocycles. The van der Waals surface area contributed by atoms with Crippen LogP contribution < -0.4 is 10.5 Å². The maximum atomic E-state index is 5.95. The van der Waals surface area contributed by atoms with Crippen LogP contribution in [0.4, 0.5) is 5.69 Å². The first-order valence-corrected chi connectivity index (χ1v) is 7.44. The fourth-order valence-electron chi connectivity index (χ4n) is 2.36. The molecule has 0 aliphatic carbocycles. The fourth-order valence-corrected chi connectivity index (χ4v) is 3.37. The number of hydrogen-bond donors (Lipinski definition) is 1. The lowest BCUT2D eigenvalue weighted by Crippen LogP contribution is -2.15. The third-order valence-corrected chi connectivity index (χ3v) is 4.65. The van der Waals surface area contributed by atoms with E-state index in [1.807, 2.05) is 30.0 Å². The van der Waals surface area contributed by atoms with Crippen LogP contribution in [0.25, 0.3) is 0 Å². The molecule has 0 spiro atoms. The molecule has 2 aromatic rings. The minimum absolute atomic E-state index is 0.277. The van der Waals surface area contributed by atoms with Crippen LogP contribution in [0.5, 0.6) is 5.75 Å². The zero-order valence-electron chi connectivity index (χ0n) is 10.9. The summed E-state index contributed by atoms with van der Waals surface area (Å²) in [6.45, 7) is 2.10. The summed E-state index contributed by atoms with van der Waals surface area (Å²) < 4.78 is 5.95. The van der Waals surface area contributed by atoms with Gasteiger partial charge in [-0.1, -0.05) is 18.2 Å². The highest BCUT2D eigenvalue weighted by Crippen LogP contribution is 2.32. The normalized spacial score (nSPS) is 17.0. The van der Waals surface area contributed by atoms with E-state index in [4.69, 9.17) is 10.5 Å². The topological polar surface area (TPSA) is 35.2 Å². The third-order valence-electron chi connectivity index (χ3n) is 3.34. The maximum Gasteiger partial charge on any atom is 0.123 e. The van der Waals surface area contributed by atoms with Crippen LogP contribution in [0.3, 0.4) is 0 Å². The van der Waals surface area contributed by atoms with Crippen molar-refractivity contribution >= 4 is 17.4 Å². The summed E-state index contributed by atoms with van der Waals surface area (Å²) in [5, 5.41) is 0. The quantitative estimate of drug-likeness (QED) is 0.683. The highest BCUT2D eigenvalue weighted by molar-refractivity contribution is 7.99. The summed E-state index contributed by atoms with van der Waals surface area (Å²) in [7, 11) is 0. The van der Waals surface area contributed by atoms with Gasteiger partial charge in [0.25, 0.3) is 0 Å². The van der Waals surface area contributed by atoms with Gasteiger partial charge in [0.15, 0.2) is 0 Å². The van der Waals surface area contributed by atoms with E-state index in [2.05, 4.69) is 31.2 Å². The van der Waals surface area contributed by atoms with Crippen molar-refractivity contribution in [2.45, 2.75) is 24.3 Å². The monoisotopic (exact) mass is 271 g/mol. The van der Waals surface area contributed by atoms with Crippen molar-refractivity contribution in [1.82, 2.24) is 0 Å². The van der Waals surface area contributed by atoms with E-state index >= 15 is 0 Å². The highest BCUT2D eigenvalue weighted by Gasteiger charge is 2.22. The van der Waals surface area contributed by atoms with Gasteiger partial charge in [-0.05, 0) is 42.3 Å². The predicted octanol–water partition coefficient (Wildman–Crippen LogP) is 3.67. The molecule has 2 N–H and O–H groups in total. The molecule has 1 heterocycles. The average molecular weight is 271 g/mol. The van der Waals surface area contributed by atoms with Gasteiger partial charge in [-0.3, -0.25) is 0 Å². The molecule has 1 unspecified atom stereocenters. The fraction of sp³-hybridized carbons (Fsp3) is 0.250. The second-order valence-electron chi connectivity index (χ2n) is 4.89. The third kappa shape index (κ3) is 2.71. The Morgan fingerprint density at radius 3 is 2.89 bits per heavy atom. The van der Waals surface area contributed by atoms with Crippen molar-refractivity contribution in [3.05, 3.63) is 53.6 Å². The summed E-state index contributed by atoms with van der Waals surface area (Å²) in [6.07, 6.45) is 1.29. The molecule has 19 heavy (non-hydrogen) atoms. The molecule has 98 valence electrons. The molecule has 3 rings (SSSR count). The number of para-hydroxylation sites is 1. The van der Waals surface area contributed by atoms with Gasteiger partial charge >= 0.3 is 0 Å². The maximum absolute atomic E-state index is 5.95. The van der Waals surface area contributed by atoms with Crippen LogP contribution in [0.1, 0.15) is 11.1 Å². The van der Waals surface area contributed by atoms with E-state index in [1.54, 1.807) is 0 Å². The Kier molecular flexibility index (Phi) is 3.38. The number of nitrogens with two attached hydrogens (primary N) is 1. The zero-order valence-corrected chi connectivity index (χ0v) is 11.7. The number of hydrogen-bond acceptors (Lipinski definition) is 3. The van der Waals surface area contributed by atoms with Gasteiger partial charge in [-0.2, -0.15) is 0 Å². The second-order valence-corrected chi connectivity index (χ2v) is 5.95. The number of nitrogen functional groups attached to an aromatic ring is 1. The predicted molar refractivity (Wildman–Crippen MR) is 80.9 cm³/mol. The SMILES string of the molecule is Cc1cc(N)ccc1SCC1Cc2ccccc2O1. The molecule has 2 nitrogen and oxygen atoms in total. The number of benzene rings is 2. The van der Waals surface area contributed by atoms with Crippen molar-refractivity contribution in [3.8, 4) is 5.75 Å². The molecule has 1 atom stereocenters. The lowest BCUT2D eigenvalue weighted by Gasteiger charge is -2.11. The molecule has 0 saturated carbocycles. The van der Waals surface area contributed by atoms with Gasteiger partial charge in [-0.15, -0.1) is 11.8 Å². The summed E-state index contributed by atoms with van der Waals surface area (Å²) in [5.41, 5.74) is 9.15. The molecule has 0 bridgehead atoms. The number of rotatable bonds is 3. The smallest absolute Gasteiger partial charge is 0.123 e. The Bertz CT molecular complexity index is 572. The number of thioether (sulfide) groups is 1. The van der Waals surface area contributed by atoms with E-state index in [1.165, 1.54) is 16.0 Å². The Balaban J connectivity index is 1.63. The largest absolute Gasteiger partial charge is 0.489 e. The Hall–Kier alpha value is -1.61. The Labute approximate surface area is 118 Å². The van der Waals surface area contributed by atoms with Gasteiger partial charge < -0.3 is 10.5 Å². The van der Waals surface area contributed by atoms with Crippen LogP contribution in [-0.2, 0) is 6.42 Å². The minimum Gasteiger partial charge on any atom is -0.489 e. The summed E-state index contributed by atoms with van der Waals surface area (Å²) in [5.74, 6) is 2.02. The van der Waals surface area contributed by atoms with Crippen LogP contribution in [-0.4, -0.2) is 11.9 Å².